The number of cyclic esters (lactones) is 2. The first-order valence-electron chi connectivity index (χ1n) is 22.0. The van der Waals surface area contributed by atoms with Crippen molar-refractivity contribution in [1.29, 1.82) is 0 Å². The van der Waals surface area contributed by atoms with Crippen molar-refractivity contribution in [2.24, 2.45) is 35.5 Å². The van der Waals surface area contributed by atoms with E-state index in [2.05, 4.69) is 108 Å². The van der Waals surface area contributed by atoms with Crippen molar-refractivity contribution < 1.29 is 47.6 Å². The van der Waals surface area contributed by atoms with Crippen molar-refractivity contribution in [3.8, 4) is 23.7 Å². The third-order valence-electron chi connectivity index (χ3n) is 11.8. The van der Waals surface area contributed by atoms with E-state index < -0.39 is 24.5 Å². The number of carbonyl (C=O) groups excluding carboxylic acids is 4. The van der Waals surface area contributed by atoms with Gasteiger partial charge < -0.3 is 39.1 Å². The van der Waals surface area contributed by atoms with Crippen molar-refractivity contribution >= 4 is 55.7 Å². The maximum atomic E-state index is 12.3. The lowest BCUT2D eigenvalue weighted by Gasteiger charge is -2.38. The standard InChI is InChI=1S/C46H66Br2N2O10/c1-29(2)33-21-19-31(5)27-35(33)57-45-41(39(47)43(53)59-45)49-23-13-9-11-17-37(51)55-25-15-7-8-16-26-56-38(52)18-12-10-14-24-50-42-40(48)44(54)60-46(42)58-36-28-32(6)20-22-34(36)30(3)4/h29-36,45-46,49-50H,9-14,17-28H2,1-6H3/t31-,32-,33+,34+,35-,36-,45+,46+/m1/s1. The molecular formula is C46H66Br2N2O10. The molecular weight excluding hydrogens is 900 g/mol. The van der Waals surface area contributed by atoms with Crippen LogP contribution in [0.25, 0.3) is 0 Å². The molecule has 0 amide bonds. The van der Waals surface area contributed by atoms with Crippen LogP contribution >= 0.6 is 31.9 Å². The van der Waals surface area contributed by atoms with Gasteiger partial charge in [0.05, 0.1) is 12.2 Å². The van der Waals surface area contributed by atoms with Gasteiger partial charge in [-0.15, -0.1) is 0 Å². The number of rotatable bonds is 22. The predicted octanol–water partition coefficient (Wildman–Crippen LogP) is 8.31. The molecule has 0 saturated heterocycles. The molecule has 0 bridgehead atoms. The number of carbonyl (C=O) groups is 4. The Hall–Kier alpha value is -3.04. The lowest BCUT2D eigenvalue weighted by atomic mass is 9.75. The quantitative estimate of drug-likeness (QED) is 0.0466. The number of hydrogen-bond acceptors (Lipinski definition) is 12. The first-order valence-corrected chi connectivity index (χ1v) is 23.6. The number of nitrogens with one attached hydrogen (secondary N) is 2. The van der Waals surface area contributed by atoms with Crippen molar-refractivity contribution in [2.45, 2.75) is 156 Å². The van der Waals surface area contributed by atoms with Crippen LogP contribution in [0.2, 0.25) is 0 Å². The fourth-order valence-electron chi connectivity index (χ4n) is 8.34. The molecule has 0 aromatic heterocycles. The van der Waals surface area contributed by atoms with Gasteiger partial charge in [0.15, 0.2) is 13.2 Å². The smallest absolute Gasteiger partial charge is 0.349 e. The van der Waals surface area contributed by atoms with Gasteiger partial charge >= 0.3 is 23.9 Å². The Morgan fingerprint density at radius 1 is 0.650 bits per heavy atom. The van der Waals surface area contributed by atoms with E-state index in [4.69, 9.17) is 28.4 Å². The zero-order valence-corrected chi connectivity index (χ0v) is 39.5. The molecule has 2 aliphatic heterocycles. The lowest BCUT2D eigenvalue weighted by molar-refractivity contribution is -0.183. The highest BCUT2D eigenvalue weighted by Gasteiger charge is 2.41. The normalized spacial score (nSPS) is 26.6. The van der Waals surface area contributed by atoms with Crippen LogP contribution in [0.3, 0.4) is 0 Å². The molecule has 2 heterocycles. The molecule has 2 N–H and O–H groups in total. The largest absolute Gasteiger partial charge is 0.452 e. The Bertz CT molecular complexity index is 1540. The van der Waals surface area contributed by atoms with E-state index >= 15 is 0 Å². The zero-order chi connectivity index (χ0) is 43.6. The van der Waals surface area contributed by atoms with E-state index in [1.165, 1.54) is 12.8 Å². The van der Waals surface area contributed by atoms with Crippen LogP contribution in [-0.2, 0) is 47.6 Å². The lowest BCUT2D eigenvalue weighted by Crippen LogP contribution is -2.39. The molecule has 12 nitrogen and oxygen atoms in total. The molecule has 2 aliphatic carbocycles. The first kappa shape index (κ1) is 49.6. The van der Waals surface area contributed by atoms with Crippen molar-refractivity contribution in [3.05, 3.63) is 20.4 Å². The van der Waals surface area contributed by atoms with Gasteiger partial charge in [-0.3, -0.25) is 9.59 Å². The fraction of sp³-hybridized carbons (Fsp3) is 0.739. The van der Waals surface area contributed by atoms with Crippen LogP contribution < -0.4 is 10.6 Å². The van der Waals surface area contributed by atoms with E-state index in [0.717, 1.165) is 51.4 Å². The number of halogens is 2. The predicted molar refractivity (Wildman–Crippen MR) is 235 cm³/mol. The summed E-state index contributed by atoms with van der Waals surface area (Å²) in [7, 11) is 0. The third-order valence-corrected chi connectivity index (χ3v) is 13.3. The van der Waals surface area contributed by atoms with Crippen LogP contribution in [0.15, 0.2) is 20.4 Å². The highest BCUT2D eigenvalue weighted by molar-refractivity contribution is 9.12. The Kier molecular flexibility index (Phi) is 21.3. The van der Waals surface area contributed by atoms with Crippen LogP contribution in [0.5, 0.6) is 0 Å². The van der Waals surface area contributed by atoms with Crippen molar-refractivity contribution in [2.75, 3.05) is 26.3 Å². The Balaban J connectivity index is 1.00. The van der Waals surface area contributed by atoms with Gasteiger partial charge in [-0.25, -0.2) is 9.59 Å². The topological polar surface area (TPSA) is 148 Å². The van der Waals surface area contributed by atoms with Gasteiger partial charge in [-0.2, -0.15) is 0 Å². The summed E-state index contributed by atoms with van der Waals surface area (Å²) in [5, 5.41) is 6.64. The minimum Gasteiger partial charge on any atom is -0.452 e. The number of ether oxygens (including phenoxy) is 6. The van der Waals surface area contributed by atoms with Crippen molar-refractivity contribution in [3.63, 3.8) is 0 Å². The molecule has 0 radical (unpaired) electrons. The fourth-order valence-corrected chi connectivity index (χ4v) is 9.18. The second kappa shape index (κ2) is 25.8. The van der Waals surface area contributed by atoms with Gasteiger partial charge in [0.1, 0.15) is 20.4 Å². The summed E-state index contributed by atoms with van der Waals surface area (Å²) in [6.45, 7) is 14.4. The van der Waals surface area contributed by atoms with Crippen LogP contribution in [0, 0.1) is 59.2 Å². The molecule has 8 atom stereocenters. The molecule has 4 rings (SSSR count). The van der Waals surface area contributed by atoms with E-state index in [1.807, 2.05) is 0 Å². The molecule has 14 heteroatoms. The maximum absolute atomic E-state index is 12.3. The molecule has 334 valence electrons. The summed E-state index contributed by atoms with van der Waals surface area (Å²) < 4.78 is 35.0. The Morgan fingerprint density at radius 3 is 1.43 bits per heavy atom. The van der Waals surface area contributed by atoms with Gasteiger partial charge in [0.25, 0.3) is 0 Å². The highest BCUT2D eigenvalue weighted by atomic mass is 79.9. The number of unbranched alkanes of at least 4 members (excludes halogenated alkanes) is 4. The maximum Gasteiger partial charge on any atom is 0.349 e. The summed E-state index contributed by atoms with van der Waals surface area (Å²) >= 11 is 6.74. The first-order chi connectivity index (χ1) is 28.7. The van der Waals surface area contributed by atoms with E-state index in [9.17, 15) is 19.2 Å². The average molecular weight is 967 g/mol. The summed E-state index contributed by atoms with van der Waals surface area (Å²) in [6.07, 6.45) is 10.1. The van der Waals surface area contributed by atoms with Crippen molar-refractivity contribution in [1.82, 2.24) is 10.6 Å². The number of hydrogen-bond donors (Lipinski definition) is 2. The van der Waals surface area contributed by atoms with E-state index in [0.29, 0.717) is 81.8 Å². The molecule has 4 aliphatic rings. The number of esters is 4. The SMILES string of the molecule is CC(C)[C@@H]1CC[C@@H](C)C[C@H]1O[C@H]1OC(=O)C(Br)=C1NCCCCCC(=O)OCC#CC#CCOC(=O)CCCCCNC1=C(Br)C(=O)O[C@@H]1O[C@@H]1C[C@H](C)CC[C@H]1C(C)C. The summed E-state index contributed by atoms with van der Waals surface area (Å²) in [4.78, 5) is 48.9. The molecule has 2 fully saturated rings. The van der Waals surface area contributed by atoms with Crippen LogP contribution in [0.1, 0.15) is 131 Å². The molecule has 0 spiro atoms. The molecule has 0 unspecified atom stereocenters. The second-order valence-corrected chi connectivity index (χ2v) is 18.9. The van der Waals surface area contributed by atoms with Gasteiger partial charge in [-0.1, -0.05) is 67.2 Å². The second-order valence-electron chi connectivity index (χ2n) is 17.3. The highest BCUT2D eigenvalue weighted by Crippen LogP contribution is 2.39. The molecule has 0 aromatic carbocycles. The Labute approximate surface area is 374 Å². The monoisotopic (exact) mass is 964 g/mol. The summed E-state index contributed by atoms with van der Waals surface area (Å²) in [6, 6.07) is 0. The van der Waals surface area contributed by atoms with Crippen LogP contribution in [-0.4, -0.2) is 75.0 Å². The average Bonchev–Trinajstić information content (AvgIpc) is 3.61. The zero-order valence-electron chi connectivity index (χ0n) is 36.3. The van der Waals surface area contributed by atoms with Gasteiger partial charge in [0, 0.05) is 25.9 Å². The molecule has 60 heavy (non-hydrogen) atoms. The summed E-state index contributed by atoms with van der Waals surface area (Å²) in [5.41, 5.74) is 1.26. The third kappa shape index (κ3) is 16.0. The van der Waals surface area contributed by atoms with Gasteiger partial charge in [-0.05, 0) is 142 Å². The van der Waals surface area contributed by atoms with Crippen LogP contribution in [0.4, 0.5) is 0 Å². The Morgan fingerprint density at radius 2 is 1.05 bits per heavy atom. The van der Waals surface area contributed by atoms with E-state index in [-0.39, 0.29) is 50.2 Å². The van der Waals surface area contributed by atoms with Gasteiger partial charge in [0.2, 0.25) is 12.6 Å². The minimum atomic E-state index is -0.743. The van der Waals surface area contributed by atoms with E-state index in [1.54, 1.807) is 0 Å². The molecule has 0 aromatic rings. The molecule has 2 saturated carbocycles. The minimum absolute atomic E-state index is 0.0372. The summed E-state index contributed by atoms with van der Waals surface area (Å²) in [5.74, 6) is 12.0.